The van der Waals surface area contributed by atoms with Gasteiger partial charge in [-0.3, -0.25) is 0 Å². The molecule has 0 spiro atoms. The number of hydrogen-bond donors (Lipinski definition) is 0. The predicted molar refractivity (Wildman–Crippen MR) is 144 cm³/mol. The minimum absolute atomic E-state index is 0. The Kier molecular flexibility index (Phi) is 29.3. The highest BCUT2D eigenvalue weighted by molar-refractivity contribution is 5.71. The number of aryl methyl sites for hydroxylation is 2. The van der Waals surface area contributed by atoms with Gasteiger partial charge < -0.3 is 0 Å². The number of allylic oxidation sites excluding steroid dienone is 6. The Morgan fingerprint density at radius 2 is 1.48 bits per heavy atom. The lowest BCUT2D eigenvalue weighted by Gasteiger charge is -2.14. The van der Waals surface area contributed by atoms with Gasteiger partial charge in [-0.15, -0.1) is 0 Å². The number of rotatable bonds is 6. The Bertz CT molecular complexity index is 609. The smallest absolute Gasteiger partial charge is 0.0193 e. The van der Waals surface area contributed by atoms with Gasteiger partial charge in [-0.05, 0) is 69.7 Å². The zero-order chi connectivity index (χ0) is 20.7. The Balaban J connectivity index is -0.000000128. The van der Waals surface area contributed by atoms with Gasteiger partial charge in [0.25, 0.3) is 0 Å². The molecule has 1 rings (SSSR count). The van der Waals surface area contributed by atoms with Crippen molar-refractivity contribution < 1.29 is 0 Å². The molecule has 0 aliphatic rings. The fourth-order valence-corrected chi connectivity index (χ4v) is 2.65. The SMILES string of the molecule is C.C.C.C=C(C)C(=C)/C=C\C.CC.CCC/C(C)=C(\CC)c1cc(C)ccc1C. The maximum Gasteiger partial charge on any atom is -0.0193 e. The Hall–Kier alpha value is -1.82. The van der Waals surface area contributed by atoms with Gasteiger partial charge in [-0.1, -0.05) is 117 Å². The van der Waals surface area contributed by atoms with E-state index in [9.17, 15) is 0 Å². The van der Waals surface area contributed by atoms with Crippen molar-refractivity contribution in [3.05, 3.63) is 76.9 Å². The molecule has 0 heterocycles. The van der Waals surface area contributed by atoms with Crippen LogP contribution < -0.4 is 0 Å². The molecule has 0 unspecified atom stereocenters. The van der Waals surface area contributed by atoms with Gasteiger partial charge in [0.1, 0.15) is 0 Å². The van der Waals surface area contributed by atoms with Crippen molar-refractivity contribution in [3.8, 4) is 0 Å². The van der Waals surface area contributed by atoms with E-state index in [4.69, 9.17) is 0 Å². The van der Waals surface area contributed by atoms with Crippen molar-refractivity contribution in [2.24, 2.45) is 0 Å². The van der Waals surface area contributed by atoms with Gasteiger partial charge in [0, 0.05) is 0 Å². The molecule has 0 fully saturated rings. The summed E-state index contributed by atoms with van der Waals surface area (Å²) in [5.74, 6) is 0. The minimum Gasteiger partial charge on any atom is -0.0955 e. The topological polar surface area (TPSA) is 0 Å². The molecule has 0 saturated heterocycles. The molecular weight excluding hydrogens is 348 g/mol. The largest absolute Gasteiger partial charge is 0.0955 e. The first-order chi connectivity index (χ1) is 12.3. The lowest BCUT2D eigenvalue weighted by atomic mass is 9.92. The van der Waals surface area contributed by atoms with Crippen molar-refractivity contribution in [2.45, 2.75) is 104 Å². The fourth-order valence-electron chi connectivity index (χ4n) is 2.65. The molecule has 1 aromatic rings. The maximum absolute atomic E-state index is 3.76. The van der Waals surface area contributed by atoms with Gasteiger partial charge in [0.05, 0.1) is 0 Å². The third-order valence-corrected chi connectivity index (χ3v) is 4.13. The molecule has 29 heavy (non-hydrogen) atoms. The molecule has 0 amide bonds. The van der Waals surface area contributed by atoms with Crippen molar-refractivity contribution in [2.75, 3.05) is 0 Å². The third-order valence-electron chi connectivity index (χ3n) is 4.13. The molecule has 0 radical (unpaired) electrons. The summed E-state index contributed by atoms with van der Waals surface area (Å²) in [5, 5.41) is 0. The summed E-state index contributed by atoms with van der Waals surface area (Å²) < 4.78 is 0. The number of benzene rings is 1. The van der Waals surface area contributed by atoms with Gasteiger partial charge in [0.15, 0.2) is 0 Å². The van der Waals surface area contributed by atoms with E-state index in [2.05, 4.69) is 66.0 Å². The Morgan fingerprint density at radius 1 is 0.966 bits per heavy atom. The summed E-state index contributed by atoms with van der Waals surface area (Å²) in [6, 6.07) is 6.76. The summed E-state index contributed by atoms with van der Waals surface area (Å²) in [6.45, 7) is 26.6. The first-order valence-corrected chi connectivity index (χ1v) is 10.0. The molecule has 0 heteroatoms. The number of hydrogen-bond acceptors (Lipinski definition) is 0. The first-order valence-electron chi connectivity index (χ1n) is 10.0. The molecular formula is C29H54. The average Bonchev–Trinajstić information content (AvgIpc) is 2.61. The van der Waals surface area contributed by atoms with E-state index in [-0.39, 0.29) is 22.3 Å². The highest BCUT2D eigenvalue weighted by Crippen LogP contribution is 2.28. The third kappa shape index (κ3) is 15.7. The predicted octanol–water partition coefficient (Wildman–Crippen LogP) is 10.9. The normalized spacial score (nSPS) is 9.83. The van der Waals surface area contributed by atoms with Crippen LogP contribution in [0.25, 0.3) is 5.57 Å². The zero-order valence-corrected chi connectivity index (χ0v) is 18.9. The molecule has 170 valence electrons. The van der Waals surface area contributed by atoms with Gasteiger partial charge in [-0.25, -0.2) is 0 Å². The van der Waals surface area contributed by atoms with Gasteiger partial charge in [-0.2, -0.15) is 0 Å². The monoisotopic (exact) mass is 402 g/mol. The van der Waals surface area contributed by atoms with Crippen molar-refractivity contribution >= 4 is 5.57 Å². The summed E-state index contributed by atoms with van der Waals surface area (Å²) in [6.07, 6.45) is 7.49. The lowest BCUT2D eigenvalue weighted by Crippen LogP contribution is -1.93. The lowest BCUT2D eigenvalue weighted by molar-refractivity contribution is 0.901. The first kappa shape index (κ1) is 37.9. The van der Waals surface area contributed by atoms with Crippen LogP contribution in [0, 0.1) is 13.8 Å². The second kappa shape index (κ2) is 22.5. The van der Waals surface area contributed by atoms with Crippen molar-refractivity contribution in [1.82, 2.24) is 0 Å². The van der Waals surface area contributed by atoms with Crippen molar-refractivity contribution in [1.29, 1.82) is 0 Å². The van der Waals surface area contributed by atoms with Crippen LogP contribution in [0.15, 0.2) is 60.2 Å². The van der Waals surface area contributed by atoms with Crippen LogP contribution in [0.1, 0.15) is 107 Å². The summed E-state index contributed by atoms with van der Waals surface area (Å²) in [5.41, 5.74) is 9.35. The van der Waals surface area contributed by atoms with E-state index in [1.807, 2.05) is 39.8 Å². The van der Waals surface area contributed by atoms with E-state index in [1.54, 1.807) is 11.1 Å². The van der Waals surface area contributed by atoms with Crippen LogP contribution in [0.4, 0.5) is 0 Å². The second-order valence-corrected chi connectivity index (χ2v) is 6.49. The van der Waals surface area contributed by atoms with Crippen LogP contribution in [0.2, 0.25) is 0 Å². The fraction of sp³-hybridized carbons (Fsp3) is 0.517. The molecule has 0 aliphatic heterocycles. The van der Waals surface area contributed by atoms with Gasteiger partial charge in [0.2, 0.25) is 0 Å². The van der Waals surface area contributed by atoms with Crippen molar-refractivity contribution in [3.63, 3.8) is 0 Å². The molecule has 1 aromatic carbocycles. The average molecular weight is 403 g/mol. The zero-order valence-electron chi connectivity index (χ0n) is 18.9. The van der Waals surface area contributed by atoms with Gasteiger partial charge >= 0.3 is 0 Å². The molecule has 0 aromatic heterocycles. The Labute approximate surface area is 186 Å². The molecule has 0 aliphatic carbocycles. The standard InChI is InChI=1S/C16H24.C8H12.C2H6.3CH4/c1-6-8-13(4)15(7-2)16-11-12(3)9-10-14(16)5;1-5-6-8(4)7(2)3;1-2;;;/h9-11H,6-8H2,1-5H3;5-6H,2,4H2,1,3H3;1-2H3;3*1H4/b15-13+;6-5-;;;;. The second-order valence-electron chi connectivity index (χ2n) is 6.49. The Morgan fingerprint density at radius 3 is 1.83 bits per heavy atom. The van der Waals surface area contributed by atoms with E-state index < -0.39 is 0 Å². The highest BCUT2D eigenvalue weighted by atomic mass is 14.1. The maximum atomic E-state index is 3.76. The summed E-state index contributed by atoms with van der Waals surface area (Å²) in [7, 11) is 0. The molecule has 0 nitrogen and oxygen atoms in total. The van der Waals surface area contributed by atoms with Crippen LogP contribution in [0.3, 0.4) is 0 Å². The van der Waals surface area contributed by atoms with Crippen LogP contribution in [-0.2, 0) is 0 Å². The van der Waals surface area contributed by atoms with Crippen LogP contribution in [0.5, 0.6) is 0 Å². The molecule has 0 atom stereocenters. The minimum atomic E-state index is 0. The van der Waals surface area contributed by atoms with E-state index in [0.29, 0.717) is 0 Å². The highest BCUT2D eigenvalue weighted by Gasteiger charge is 2.06. The molecule has 0 saturated carbocycles. The van der Waals surface area contributed by atoms with Crippen LogP contribution >= 0.6 is 0 Å². The van der Waals surface area contributed by atoms with Crippen LogP contribution in [-0.4, -0.2) is 0 Å². The van der Waals surface area contributed by atoms with E-state index in [0.717, 1.165) is 17.6 Å². The summed E-state index contributed by atoms with van der Waals surface area (Å²) >= 11 is 0. The molecule has 0 bridgehead atoms. The summed E-state index contributed by atoms with van der Waals surface area (Å²) in [4.78, 5) is 0. The quantitative estimate of drug-likeness (QED) is 0.415. The molecule has 0 N–H and O–H groups in total. The van der Waals surface area contributed by atoms with E-state index in [1.165, 1.54) is 29.5 Å². The van der Waals surface area contributed by atoms with E-state index >= 15 is 0 Å².